The number of carbonyl (C=O) groups excluding carboxylic acids is 2. The standard InChI is InChI=1S/C24H28N2O4/c1-16-14-19(17(2)26(16)20-10-7-6-8-11-20)15-21-22(24(28)30-5)18(3)25(23(21)27)12-9-13-29-4/h6-8,10-11,14-15H,9,12-13H2,1-5H3/b21-15-. The molecule has 30 heavy (non-hydrogen) atoms. The van der Waals surface area contributed by atoms with E-state index in [1.54, 1.807) is 25.0 Å². The van der Waals surface area contributed by atoms with Crippen LogP contribution in [-0.2, 0) is 19.1 Å². The van der Waals surface area contributed by atoms with Crippen molar-refractivity contribution < 1.29 is 19.1 Å². The van der Waals surface area contributed by atoms with Crippen molar-refractivity contribution >= 4 is 18.0 Å². The van der Waals surface area contributed by atoms with Gasteiger partial charge in [-0.25, -0.2) is 4.79 Å². The van der Waals surface area contributed by atoms with Crippen LogP contribution in [0.5, 0.6) is 0 Å². The van der Waals surface area contributed by atoms with E-state index in [-0.39, 0.29) is 5.91 Å². The molecule has 0 atom stereocenters. The number of carbonyl (C=O) groups is 2. The van der Waals surface area contributed by atoms with Crippen molar-refractivity contribution in [2.45, 2.75) is 27.2 Å². The zero-order chi connectivity index (χ0) is 21.8. The fraction of sp³-hybridized carbons (Fsp3) is 0.333. The van der Waals surface area contributed by atoms with Gasteiger partial charge in [-0.05, 0) is 57.0 Å². The topological polar surface area (TPSA) is 60.8 Å². The van der Waals surface area contributed by atoms with Gasteiger partial charge in [0.25, 0.3) is 5.91 Å². The normalized spacial score (nSPS) is 15.4. The Balaban J connectivity index is 2.05. The summed E-state index contributed by atoms with van der Waals surface area (Å²) in [5.74, 6) is -0.688. The highest BCUT2D eigenvalue weighted by Crippen LogP contribution is 2.33. The quantitative estimate of drug-likeness (QED) is 0.397. The molecule has 0 saturated heterocycles. The zero-order valence-electron chi connectivity index (χ0n) is 18.2. The number of aromatic nitrogens is 1. The number of esters is 1. The molecule has 1 amide bonds. The van der Waals surface area contributed by atoms with Crippen molar-refractivity contribution in [3.8, 4) is 5.69 Å². The van der Waals surface area contributed by atoms with E-state index in [0.717, 1.165) is 22.6 Å². The Labute approximate surface area is 177 Å². The highest BCUT2D eigenvalue weighted by Gasteiger charge is 2.36. The monoisotopic (exact) mass is 408 g/mol. The number of ether oxygens (including phenoxy) is 2. The van der Waals surface area contributed by atoms with Crippen LogP contribution in [0.1, 0.15) is 30.3 Å². The lowest BCUT2D eigenvalue weighted by atomic mass is 10.0. The second kappa shape index (κ2) is 9.13. The molecule has 0 fully saturated rings. The van der Waals surface area contributed by atoms with Crippen molar-refractivity contribution in [3.05, 3.63) is 70.2 Å². The summed E-state index contributed by atoms with van der Waals surface area (Å²) in [6.45, 7) is 6.85. The van der Waals surface area contributed by atoms with Crippen molar-refractivity contribution in [1.29, 1.82) is 0 Å². The smallest absolute Gasteiger partial charge is 0.340 e. The molecule has 0 spiro atoms. The Bertz CT molecular complexity index is 1020. The number of aryl methyl sites for hydroxylation is 1. The summed E-state index contributed by atoms with van der Waals surface area (Å²) in [6.07, 6.45) is 2.49. The Morgan fingerprint density at radius 1 is 1.10 bits per heavy atom. The number of rotatable bonds is 7. The van der Waals surface area contributed by atoms with Crippen molar-refractivity contribution in [2.24, 2.45) is 0 Å². The van der Waals surface area contributed by atoms with E-state index in [1.165, 1.54) is 7.11 Å². The molecule has 1 aliphatic heterocycles. The maximum absolute atomic E-state index is 13.2. The molecular formula is C24H28N2O4. The molecule has 0 radical (unpaired) electrons. The van der Waals surface area contributed by atoms with Gasteiger partial charge in [0.15, 0.2) is 0 Å². The van der Waals surface area contributed by atoms with Gasteiger partial charge in [0.1, 0.15) is 0 Å². The van der Waals surface area contributed by atoms with Gasteiger partial charge in [-0.15, -0.1) is 0 Å². The van der Waals surface area contributed by atoms with Gasteiger partial charge in [-0.2, -0.15) is 0 Å². The lowest BCUT2D eigenvalue weighted by Crippen LogP contribution is -2.26. The fourth-order valence-electron chi connectivity index (χ4n) is 3.93. The largest absolute Gasteiger partial charge is 0.465 e. The average Bonchev–Trinajstić information content (AvgIpc) is 3.15. The van der Waals surface area contributed by atoms with Crippen molar-refractivity contribution in [1.82, 2.24) is 9.47 Å². The molecule has 1 aromatic carbocycles. The lowest BCUT2D eigenvalue weighted by molar-refractivity contribution is -0.136. The number of allylic oxidation sites excluding steroid dienone is 1. The number of methoxy groups -OCH3 is 2. The van der Waals surface area contributed by atoms with Gasteiger partial charge in [-0.1, -0.05) is 18.2 Å². The highest BCUT2D eigenvalue weighted by atomic mass is 16.5. The number of para-hydroxylation sites is 1. The van der Waals surface area contributed by atoms with E-state index in [2.05, 4.69) is 4.57 Å². The van der Waals surface area contributed by atoms with E-state index < -0.39 is 5.97 Å². The molecule has 1 aliphatic rings. The van der Waals surface area contributed by atoms with Gasteiger partial charge in [-0.3, -0.25) is 4.79 Å². The Morgan fingerprint density at radius 2 is 1.80 bits per heavy atom. The minimum Gasteiger partial charge on any atom is -0.465 e. The Morgan fingerprint density at radius 3 is 2.43 bits per heavy atom. The summed E-state index contributed by atoms with van der Waals surface area (Å²) in [7, 11) is 2.96. The fourth-order valence-corrected chi connectivity index (χ4v) is 3.93. The third-order valence-corrected chi connectivity index (χ3v) is 5.42. The van der Waals surface area contributed by atoms with Crippen LogP contribution in [0.3, 0.4) is 0 Å². The minimum atomic E-state index is -0.502. The Hall–Kier alpha value is -3.12. The number of benzene rings is 1. The van der Waals surface area contributed by atoms with Crippen LogP contribution >= 0.6 is 0 Å². The lowest BCUT2D eigenvalue weighted by Gasteiger charge is -2.17. The van der Waals surface area contributed by atoms with Crippen LogP contribution in [0.2, 0.25) is 0 Å². The molecule has 0 bridgehead atoms. The van der Waals surface area contributed by atoms with E-state index in [0.29, 0.717) is 36.4 Å². The molecule has 6 nitrogen and oxygen atoms in total. The number of nitrogens with zero attached hydrogens (tertiary/aromatic N) is 2. The summed E-state index contributed by atoms with van der Waals surface area (Å²) in [5, 5.41) is 0. The summed E-state index contributed by atoms with van der Waals surface area (Å²) >= 11 is 0. The van der Waals surface area contributed by atoms with Crippen molar-refractivity contribution in [2.75, 3.05) is 27.4 Å². The maximum atomic E-state index is 13.2. The van der Waals surface area contributed by atoms with Crippen LogP contribution in [0.4, 0.5) is 0 Å². The zero-order valence-corrected chi connectivity index (χ0v) is 18.2. The molecule has 2 heterocycles. The summed E-state index contributed by atoms with van der Waals surface area (Å²) in [4.78, 5) is 27.3. The molecule has 1 aromatic heterocycles. The molecule has 3 rings (SSSR count). The summed E-state index contributed by atoms with van der Waals surface area (Å²) in [6, 6.07) is 12.1. The summed E-state index contributed by atoms with van der Waals surface area (Å²) < 4.78 is 12.2. The van der Waals surface area contributed by atoms with Gasteiger partial charge in [0.05, 0.1) is 18.3 Å². The first-order valence-corrected chi connectivity index (χ1v) is 9.97. The van der Waals surface area contributed by atoms with Gasteiger partial charge < -0.3 is 18.9 Å². The maximum Gasteiger partial charge on any atom is 0.340 e. The first kappa shape index (κ1) is 21.6. The second-order valence-corrected chi connectivity index (χ2v) is 7.31. The van der Waals surface area contributed by atoms with Crippen LogP contribution in [0.25, 0.3) is 11.8 Å². The minimum absolute atomic E-state index is 0.187. The van der Waals surface area contributed by atoms with E-state index in [4.69, 9.17) is 9.47 Å². The average molecular weight is 408 g/mol. The number of hydrogen-bond acceptors (Lipinski definition) is 4. The molecule has 158 valence electrons. The van der Waals surface area contributed by atoms with E-state index >= 15 is 0 Å². The molecular weight excluding hydrogens is 380 g/mol. The first-order valence-electron chi connectivity index (χ1n) is 9.97. The van der Waals surface area contributed by atoms with Gasteiger partial charge in [0.2, 0.25) is 0 Å². The van der Waals surface area contributed by atoms with Gasteiger partial charge in [0, 0.05) is 43.0 Å². The third kappa shape index (κ3) is 3.96. The molecule has 2 aromatic rings. The van der Waals surface area contributed by atoms with Crippen LogP contribution < -0.4 is 0 Å². The predicted molar refractivity (Wildman–Crippen MR) is 116 cm³/mol. The number of amides is 1. The molecule has 0 aliphatic carbocycles. The van der Waals surface area contributed by atoms with Gasteiger partial charge >= 0.3 is 5.97 Å². The third-order valence-electron chi connectivity index (χ3n) is 5.42. The molecule has 0 N–H and O–H groups in total. The molecule has 0 unspecified atom stereocenters. The van der Waals surface area contributed by atoms with Crippen LogP contribution in [0, 0.1) is 13.8 Å². The van der Waals surface area contributed by atoms with Crippen LogP contribution in [-0.4, -0.2) is 48.7 Å². The second-order valence-electron chi connectivity index (χ2n) is 7.31. The number of hydrogen-bond donors (Lipinski definition) is 0. The van der Waals surface area contributed by atoms with E-state index in [9.17, 15) is 9.59 Å². The SMILES string of the molecule is COCCCN1C(=O)/C(=C\c2cc(C)n(-c3ccccc3)c2C)C(C(=O)OC)=C1C. The highest BCUT2D eigenvalue weighted by molar-refractivity contribution is 6.16. The van der Waals surface area contributed by atoms with E-state index in [1.807, 2.05) is 50.2 Å². The summed E-state index contributed by atoms with van der Waals surface area (Å²) in [5.41, 5.74) is 5.30. The predicted octanol–water partition coefficient (Wildman–Crippen LogP) is 3.80. The van der Waals surface area contributed by atoms with Crippen LogP contribution in [0.15, 0.2) is 53.2 Å². The Kier molecular flexibility index (Phi) is 6.57. The van der Waals surface area contributed by atoms with Crippen molar-refractivity contribution in [3.63, 3.8) is 0 Å². The first-order chi connectivity index (χ1) is 14.4. The molecule has 6 heteroatoms. The molecule has 0 saturated carbocycles.